The van der Waals surface area contributed by atoms with Gasteiger partial charge in [-0.25, -0.2) is 4.79 Å². The molecule has 100 valence electrons. The molecule has 0 aliphatic rings. The molecule has 0 heterocycles. The Morgan fingerprint density at radius 3 is 2.25 bits per heavy atom. The first kappa shape index (κ1) is 13.7. The number of carbonyl (C=O) groups is 2. The lowest BCUT2D eigenvalue weighted by Gasteiger charge is -2.03. The van der Waals surface area contributed by atoms with Gasteiger partial charge in [0.2, 0.25) is 0 Å². The minimum atomic E-state index is -0.856. The second-order valence-corrected chi connectivity index (χ2v) is 4.15. The molecule has 0 aromatic heterocycles. The molecule has 0 amide bonds. The van der Waals surface area contributed by atoms with Crippen LogP contribution in [0.5, 0.6) is 0 Å². The van der Waals surface area contributed by atoms with Gasteiger partial charge in [0.25, 0.3) is 5.78 Å². The Labute approximate surface area is 117 Å². The van der Waals surface area contributed by atoms with Crippen LogP contribution in [0.1, 0.15) is 21.5 Å². The molecule has 0 fully saturated rings. The topological polar surface area (TPSA) is 43.4 Å². The average Bonchev–Trinajstić information content (AvgIpc) is 2.52. The summed E-state index contributed by atoms with van der Waals surface area (Å²) in [5.41, 5.74) is 2.05. The first-order valence-corrected chi connectivity index (χ1v) is 6.17. The lowest BCUT2D eigenvalue weighted by Crippen LogP contribution is -2.16. The lowest BCUT2D eigenvalue weighted by atomic mass is 10.0. The van der Waals surface area contributed by atoms with Gasteiger partial charge < -0.3 is 4.74 Å². The van der Waals surface area contributed by atoms with Gasteiger partial charge in [0.1, 0.15) is 0 Å². The number of hydrogen-bond acceptors (Lipinski definition) is 3. The van der Waals surface area contributed by atoms with Crippen molar-refractivity contribution in [1.29, 1.82) is 0 Å². The van der Waals surface area contributed by atoms with Gasteiger partial charge in [0, 0.05) is 5.56 Å². The van der Waals surface area contributed by atoms with Gasteiger partial charge >= 0.3 is 5.97 Å². The normalized spacial score (nSPS) is 10.4. The Hall–Kier alpha value is -2.68. The predicted molar refractivity (Wildman–Crippen MR) is 78.2 cm³/mol. The fraction of sp³-hybridized carbons (Fsp3) is 0.0588. The third-order valence-electron chi connectivity index (χ3n) is 2.83. The van der Waals surface area contributed by atoms with Crippen LogP contribution in [0, 0.1) is 0 Å². The summed E-state index contributed by atoms with van der Waals surface area (Å²) in [7, 11) is 1.20. The Morgan fingerprint density at radius 2 is 1.55 bits per heavy atom. The molecule has 0 radical (unpaired) electrons. The lowest BCUT2D eigenvalue weighted by molar-refractivity contribution is -0.135. The summed E-state index contributed by atoms with van der Waals surface area (Å²) < 4.78 is 4.47. The summed E-state index contributed by atoms with van der Waals surface area (Å²) >= 11 is 0. The smallest absolute Gasteiger partial charge is 0.379 e. The first-order chi connectivity index (χ1) is 9.72. The number of ether oxygens (including phenoxy) is 1. The Balaban J connectivity index is 2.31. The molecule has 0 aliphatic carbocycles. The van der Waals surface area contributed by atoms with Crippen LogP contribution in [0.15, 0.2) is 54.6 Å². The molecule has 2 aromatic carbocycles. The standard InChI is InChI=1S/C17H14O3/c1-20-17(19)16(18)15-10-6-5-9-14(15)12-11-13-7-3-2-4-8-13/h2-12H,1H3. The molecule has 0 bridgehead atoms. The predicted octanol–water partition coefficient (Wildman–Crippen LogP) is 3.21. The average molecular weight is 266 g/mol. The molecule has 0 unspecified atom stereocenters. The summed E-state index contributed by atoms with van der Waals surface area (Å²) in [5.74, 6) is -1.49. The van der Waals surface area contributed by atoms with Gasteiger partial charge in [-0.15, -0.1) is 0 Å². The molecule has 0 N–H and O–H groups in total. The fourth-order valence-corrected chi connectivity index (χ4v) is 1.80. The van der Waals surface area contributed by atoms with Crippen LogP contribution >= 0.6 is 0 Å². The van der Waals surface area contributed by atoms with E-state index in [2.05, 4.69) is 4.74 Å². The van der Waals surface area contributed by atoms with E-state index in [1.807, 2.05) is 48.6 Å². The summed E-state index contributed by atoms with van der Waals surface area (Å²) in [6, 6.07) is 16.7. The van der Waals surface area contributed by atoms with Gasteiger partial charge in [-0.2, -0.15) is 0 Å². The number of rotatable bonds is 4. The van der Waals surface area contributed by atoms with Crippen molar-refractivity contribution in [2.75, 3.05) is 7.11 Å². The van der Waals surface area contributed by atoms with Gasteiger partial charge in [-0.3, -0.25) is 4.79 Å². The van der Waals surface area contributed by atoms with E-state index in [1.54, 1.807) is 18.2 Å². The molecule has 2 aromatic rings. The molecule has 0 saturated carbocycles. The third-order valence-corrected chi connectivity index (χ3v) is 2.83. The summed E-state index contributed by atoms with van der Waals surface area (Å²) in [4.78, 5) is 23.2. The zero-order chi connectivity index (χ0) is 14.4. The maximum atomic E-state index is 11.9. The maximum Gasteiger partial charge on any atom is 0.379 e. The van der Waals surface area contributed by atoms with E-state index in [-0.39, 0.29) is 0 Å². The largest absolute Gasteiger partial charge is 0.463 e. The number of methoxy groups -OCH3 is 1. The van der Waals surface area contributed by atoms with Crippen LogP contribution in [0.2, 0.25) is 0 Å². The number of benzene rings is 2. The zero-order valence-electron chi connectivity index (χ0n) is 11.1. The molecule has 2 rings (SSSR count). The monoisotopic (exact) mass is 266 g/mol. The molecule has 0 aliphatic heterocycles. The van der Waals surface area contributed by atoms with Crippen molar-refractivity contribution in [1.82, 2.24) is 0 Å². The highest BCUT2D eigenvalue weighted by atomic mass is 16.5. The van der Waals surface area contributed by atoms with Crippen LogP contribution in [0.4, 0.5) is 0 Å². The van der Waals surface area contributed by atoms with Crippen molar-refractivity contribution in [2.24, 2.45) is 0 Å². The molecular formula is C17H14O3. The first-order valence-electron chi connectivity index (χ1n) is 6.17. The molecule has 3 heteroatoms. The Morgan fingerprint density at radius 1 is 0.900 bits per heavy atom. The molecule has 20 heavy (non-hydrogen) atoms. The second-order valence-electron chi connectivity index (χ2n) is 4.15. The minimum Gasteiger partial charge on any atom is -0.463 e. The number of Topliss-reactive ketones (excluding diaryl/α,β-unsaturated/α-hetero) is 1. The fourth-order valence-electron chi connectivity index (χ4n) is 1.80. The van der Waals surface area contributed by atoms with Crippen molar-refractivity contribution in [3.63, 3.8) is 0 Å². The van der Waals surface area contributed by atoms with Crippen molar-refractivity contribution in [3.8, 4) is 0 Å². The Kier molecular flexibility index (Phi) is 4.45. The van der Waals surface area contributed by atoms with Gasteiger partial charge in [-0.05, 0) is 11.1 Å². The zero-order valence-corrected chi connectivity index (χ0v) is 11.1. The number of carbonyl (C=O) groups excluding carboxylic acids is 2. The van der Waals surface area contributed by atoms with E-state index in [0.717, 1.165) is 5.56 Å². The number of hydrogen-bond donors (Lipinski definition) is 0. The van der Waals surface area contributed by atoms with E-state index in [9.17, 15) is 9.59 Å². The third kappa shape index (κ3) is 3.20. The van der Waals surface area contributed by atoms with E-state index in [4.69, 9.17) is 0 Å². The minimum absolute atomic E-state index is 0.339. The van der Waals surface area contributed by atoms with Crippen LogP contribution in [-0.2, 0) is 9.53 Å². The van der Waals surface area contributed by atoms with E-state index < -0.39 is 11.8 Å². The molecular weight excluding hydrogens is 252 g/mol. The number of esters is 1. The SMILES string of the molecule is COC(=O)C(=O)c1ccccc1C=Cc1ccccc1. The van der Waals surface area contributed by atoms with Crippen LogP contribution in [-0.4, -0.2) is 18.9 Å². The van der Waals surface area contributed by atoms with Gasteiger partial charge in [0.05, 0.1) is 7.11 Å². The Bertz CT molecular complexity index is 642. The van der Waals surface area contributed by atoms with Crippen LogP contribution in [0.3, 0.4) is 0 Å². The molecule has 0 spiro atoms. The van der Waals surface area contributed by atoms with E-state index in [1.165, 1.54) is 7.11 Å². The van der Waals surface area contributed by atoms with Crippen molar-refractivity contribution >= 4 is 23.9 Å². The quantitative estimate of drug-likeness (QED) is 0.369. The van der Waals surface area contributed by atoms with Gasteiger partial charge in [-0.1, -0.05) is 66.7 Å². The highest BCUT2D eigenvalue weighted by molar-refractivity contribution is 6.41. The van der Waals surface area contributed by atoms with E-state index >= 15 is 0 Å². The maximum absolute atomic E-state index is 11.9. The van der Waals surface area contributed by atoms with Crippen LogP contribution < -0.4 is 0 Å². The molecule has 3 nitrogen and oxygen atoms in total. The molecule has 0 atom stereocenters. The van der Waals surface area contributed by atoms with Crippen molar-refractivity contribution in [3.05, 3.63) is 71.3 Å². The van der Waals surface area contributed by atoms with Gasteiger partial charge in [0.15, 0.2) is 0 Å². The highest BCUT2D eigenvalue weighted by Crippen LogP contribution is 2.14. The summed E-state index contributed by atoms with van der Waals surface area (Å²) in [6.45, 7) is 0. The van der Waals surface area contributed by atoms with Crippen molar-refractivity contribution in [2.45, 2.75) is 0 Å². The van der Waals surface area contributed by atoms with E-state index in [0.29, 0.717) is 11.1 Å². The van der Waals surface area contributed by atoms with Crippen molar-refractivity contribution < 1.29 is 14.3 Å². The highest BCUT2D eigenvalue weighted by Gasteiger charge is 2.18. The summed E-state index contributed by atoms with van der Waals surface area (Å²) in [5, 5.41) is 0. The second kappa shape index (κ2) is 6.48. The number of ketones is 1. The molecule has 0 saturated heterocycles. The summed E-state index contributed by atoms with van der Waals surface area (Å²) in [6.07, 6.45) is 3.70. The van der Waals surface area contributed by atoms with Crippen LogP contribution in [0.25, 0.3) is 12.2 Å².